The van der Waals surface area contributed by atoms with Crippen LogP contribution in [0.25, 0.3) is 0 Å². The molecule has 1 aliphatic rings. The third kappa shape index (κ3) is 3.65. The number of likely N-dealkylation sites (N-methyl/N-ethyl adjacent to an activating group) is 1. The molecular weight excluding hydrogens is 254 g/mol. The van der Waals surface area contributed by atoms with Gasteiger partial charge in [-0.15, -0.1) is 0 Å². The molecule has 1 aromatic rings. The van der Waals surface area contributed by atoms with Crippen molar-refractivity contribution < 1.29 is 19.8 Å². The minimum absolute atomic E-state index is 0.0485. The summed E-state index contributed by atoms with van der Waals surface area (Å²) in [5.41, 5.74) is 0.993. The first-order valence-electron chi connectivity index (χ1n) is 7.08. The second-order valence-corrected chi connectivity index (χ2v) is 5.60. The van der Waals surface area contributed by atoms with Crippen LogP contribution in [-0.2, 0) is 16.1 Å². The van der Waals surface area contributed by atoms with Crippen LogP contribution in [0.2, 0.25) is 0 Å². The molecule has 0 spiro atoms. The first-order valence-corrected chi connectivity index (χ1v) is 7.08. The van der Waals surface area contributed by atoms with Gasteiger partial charge in [0.2, 0.25) is 5.91 Å². The molecule has 0 aliphatic carbocycles. The fourth-order valence-electron chi connectivity index (χ4n) is 2.40. The molecule has 1 fully saturated rings. The first-order chi connectivity index (χ1) is 9.58. The Bertz CT molecular complexity index is 473. The monoisotopic (exact) mass is 277 g/mol. The van der Waals surface area contributed by atoms with E-state index in [1.165, 1.54) is 9.80 Å². The number of amides is 2. The molecule has 2 amide bonds. The van der Waals surface area contributed by atoms with Gasteiger partial charge in [-0.1, -0.05) is 30.3 Å². The van der Waals surface area contributed by atoms with Crippen LogP contribution in [0.3, 0.4) is 0 Å². The molecule has 3 N–H and O–H groups in total. The zero-order valence-electron chi connectivity index (χ0n) is 12.1. The lowest BCUT2D eigenvalue weighted by Crippen LogP contribution is -3.10. The highest BCUT2D eigenvalue weighted by Crippen LogP contribution is 2.14. The topological polar surface area (TPSA) is 58.4 Å². The van der Waals surface area contributed by atoms with Gasteiger partial charge in [-0.25, -0.2) is 0 Å². The van der Waals surface area contributed by atoms with Gasteiger partial charge in [0.1, 0.15) is 13.1 Å². The van der Waals surface area contributed by atoms with Crippen LogP contribution in [0, 0.1) is 0 Å². The third-order valence-electron chi connectivity index (χ3n) is 3.56. The Hall–Kier alpha value is -1.72. The number of nitrogens with zero attached hydrogens (tertiary/aromatic N) is 1. The van der Waals surface area contributed by atoms with Crippen LogP contribution in [0.15, 0.2) is 30.3 Å². The molecule has 5 heteroatoms. The van der Waals surface area contributed by atoms with Crippen molar-refractivity contribution in [2.45, 2.75) is 19.0 Å². The Kier molecular flexibility index (Phi) is 4.87. The van der Waals surface area contributed by atoms with Gasteiger partial charge >= 0.3 is 0 Å². The van der Waals surface area contributed by atoms with E-state index in [4.69, 9.17) is 0 Å². The van der Waals surface area contributed by atoms with Crippen molar-refractivity contribution in [3.63, 3.8) is 0 Å². The van der Waals surface area contributed by atoms with Crippen molar-refractivity contribution in [3.8, 4) is 0 Å². The summed E-state index contributed by atoms with van der Waals surface area (Å²) in [5, 5.41) is 2.00. The number of benzene rings is 1. The Morgan fingerprint density at radius 1 is 1.25 bits per heavy atom. The SMILES string of the molecule is C[NH+](C)CC[NH2+][C@H]1CC(=O)N(Cc2ccccc2)C1=O. The van der Waals surface area contributed by atoms with Crippen LogP contribution < -0.4 is 10.2 Å². The maximum atomic E-state index is 12.3. The molecule has 0 aromatic heterocycles. The number of rotatable bonds is 6. The van der Waals surface area contributed by atoms with E-state index in [1.807, 2.05) is 35.6 Å². The van der Waals surface area contributed by atoms with Crippen molar-refractivity contribution >= 4 is 11.8 Å². The Morgan fingerprint density at radius 3 is 2.60 bits per heavy atom. The average molecular weight is 277 g/mol. The highest BCUT2D eigenvalue weighted by molar-refractivity contribution is 6.04. The molecule has 1 saturated heterocycles. The smallest absolute Gasteiger partial charge is 0.288 e. The van der Waals surface area contributed by atoms with Gasteiger partial charge in [0.05, 0.1) is 27.1 Å². The molecule has 1 aliphatic heterocycles. The van der Waals surface area contributed by atoms with Crippen molar-refractivity contribution in [3.05, 3.63) is 35.9 Å². The molecular formula is C15H23N3O2+2. The Morgan fingerprint density at radius 2 is 1.95 bits per heavy atom. The molecule has 108 valence electrons. The average Bonchev–Trinajstić information content (AvgIpc) is 2.67. The predicted molar refractivity (Wildman–Crippen MR) is 74.9 cm³/mol. The largest absolute Gasteiger partial charge is 0.335 e. The highest BCUT2D eigenvalue weighted by Gasteiger charge is 2.41. The van der Waals surface area contributed by atoms with Crippen LogP contribution >= 0.6 is 0 Å². The van der Waals surface area contributed by atoms with E-state index in [9.17, 15) is 9.59 Å². The zero-order chi connectivity index (χ0) is 14.5. The minimum atomic E-state index is -0.231. The van der Waals surface area contributed by atoms with Crippen LogP contribution in [0.5, 0.6) is 0 Å². The van der Waals surface area contributed by atoms with E-state index < -0.39 is 0 Å². The lowest BCUT2D eigenvalue weighted by atomic mass is 10.2. The molecule has 0 saturated carbocycles. The summed E-state index contributed by atoms with van der Waals surface area (Å²) >= 11 is 0. The van der Waals surface area contributed by atoms with Gasteiger partial charge in [0.15, 0.2) is 6.04 Å². The van der Waals surface area contributed by atoms with E-state index in [0.717, 1.165) is 18.7 Å². The van der Waals surface area contributed by atoms with Gasteiger partial charge in [-0.2, -0.15) is 0 Å². The van der Waals surface area contributed by atoms with E-state index in [-0.39, 0.29) is 17.9 Å². The van der Waals surface area contributed by atoms with E-state index >= 15 is 0 Å². The van der Waals surface area contributed by atoms with Crippen LogP contribution in [0.4, 0.5) is 0 Å². The molecule has 20 heavy (non-hydrogen) atoms. The van der Waals surface area contributed by atoms with Crippen molar-refractivity contribution in [1.29, 1.82) is 0 Å². The summed E-state index contributed by atoms with van der Waals surface area (Å²) in [4.78, 5) is 27.0. The standard InChI is InChI=1S/C15H21N3O2/c1-17(2)9-8-16-13-10-14(19)18(15(13)20)11-12-6-4-3-5-7-12/h3-7,13,16H,8-11H2,1-2H3/p+2/t13-/m0/s1. The number of hydrogen-bond donors (Lipinski definition) is 2. The zero-order valence-corrected chi connectivity index (χ0v) is 12.1. The second-order valence-electron chi connectivity index (χ2n) is 5.60. The van der Waals surface area contributed by atoms with Gasteiger partial charge in [-0.05, 0) is 5.56 Å². The molecule has 2 rings (SSSR count). The quantitative estimate of drug-likeness (QED) is 0.592. The molecule has 5 nitrogen and oxygen atoms in total. The normalized spacial score (nSPS) is 19.1. The number of hydrogen-bond acceptors (Lipinski definition) is 2. The number of quaternary nitrogens is 2. The van der Waals surface area contributed by atoms with Crippen molar-refractivity contribution in [2.24, 2.45) is 0 Å². The molecule has 0 unspecified atom stereocenters. The number of nitrogens with two attached hydrogens (primary N) is 1. The van der Waals surface area contributed by atoms with Crippen LogP contribution in [-0.4, -0.2) is 49.9 Å². The number of carbonyl (C=O) groups is 2. The third-order valence-corrected chi connectivity index (χ3v) is 3.56. The fourth-order valence-corrected chi connectivity index (χ4v) is 2.40. The molecule has 1 heterocycles. The maximum absolute atomic E-state index is 12.3. The van der Waals surface area contributed by atoms with Crippen LogP contribution in [0.1, 0.15) is 12.0 Å². The van der Waals surface area contributed by atoms with E-state index in [0.29, 0.717) is 13.0 Å². The van der Waals surface area contributed by atoms with Gasteiger partial charge in [-0.3, -0.25) is 14.5 Å². The first kappa shape index (κ1) is 14.7. The molecule has 1 atom stereocenters. The summed E-state index contributed by atoms with van der Waals surface area (Å²) in [6, 6.07) is 9.41. The number of likely N-dealkylation sites (tertiary alicyclic amines) is 1. The van der Waals surface area contributed by atoms with Gasteiger partial charge < -0.3 is 10.2 Å². The van der Waals surface area contributed by atoms with Crippen molar-refractivity contribution in [1.82, 2.24) is 4.90 Å². The van der Waals surface area contributed by atoms with Gasteiger partial charge in [0.25, 0.3) is 5.91 Å². The molecule has 1 aromatic carbocycles. The molecule has 0 radical (unpaired) electrons. The summed E-state index contributed by atoms with van der Waals surface area (Å²) in [5.74, 6) is -0.107. The summed E-state index contributed by atoms with van der Waals surface area (Å²) in [6.07, 6.45) is 0.328. The predicted octanol–water partition coefficient (Wildman–Crippen LogP) is -1.98. The van der Waals surface area contributed by atoms with E-state index in [2.05, 4.69) is 14.1 Å². The Balaban J connectivity index is 1.92. The summed E-state index contributed by atoms with van der Waals surface area (Å²) in [7, 11) is 4.16. The van der Waals surface area contributed by atoms with E-state index in [1.54, 1.807) is 0 Å². The minimum Gasteiger partial charge on any atom is -0.335 e. The number of imide groups is 1. The molecule has 0 bridgehead atoms. The highest BCUT2D eigenvalue weighted by atomic mass is 16.2. The maximum Gasteiger partial charge on any atom is 0.288 e. The lowest BCUT2D eigenvalue weighted by Gasteiger charge is -2.14. The number of carbonyl (C=O) groups excluding carboxylic acids is 2. The lowest BCUT2D eigenvalue weighted by molar-refractivity contribution is -0.875. The van der Waals surface area contributed by atoms with Crippen molar-refractivity contribution in [2.75, 3.05) is 27.2 Å². The Labute approximate surface area is 119 Å². The summed E-state index contributed by atoms with van der Waals surface area (Å²) in [6.45, 7) is 2.24. The van der Waals surface area contributed by atoms with Gasteiger partial charge in [0, 0.05) is 0 Å². The number of nitrogens with one attached hydrogen (secondary N) is 1. The second kappa shape index (κ2) is 6.63. The summed E-state index contributed by atoms with van der Waals surface area (Å²) < 4.78 is 0. The fraction of sp³-hybridized carbons (Fsp3) is 0.467.